The van der Waals surface area contributed by atoms with Gasteiger partial charge in [0.2, 0.25) is 0 Å². The predicted octanol–water partition coefficient (Wildman–Crippen LogP) is 4.38. The molecule has 0 saturated heterocycles. The normalized spacial score (nSPS) is 11.4. The summed E-state index contributed by atoms with van der Waals surface area (Å²) >= 11 is 0. The van der Waals surface area contributed by atoms with Crippen molar-refractivity contribution in [2.45, 2.75) is 46.6 Å². The zero-order chi connectivity index (χ0) is 22.0. The van der Waals surface area contributed by atoms with E-state index in [1.54, 1.807) is 6.20 Å². The van der Waals surface area contributed by atoms with Crippen molar-refractivity contribution >= 4 is 16.9 Å². The third-order valence-corrected chi connectivity index (χ3v) is 5.56. The predicted molar refractivity (Wildman–Crippen MR) is 122 cm³/mol. The van der Waals surface area contributed by atoms with Crippen molar-refractivity contribution in [2.24, 2.45) is 0 Å². The Bertz CT molecular complexity index is 1220. The number of aromatic amines is 1. The van der Waals surface area contributed by atoms with E-state index in [0.29, 0.717) is 12.1 Å². The fraction of sp³-hybridized carbons (Fsp3) is 0.333. The Kier molecular flexibility index (Phi) is 5.84. The number of amides is 1. The van der Waals surface area contributed by atoms with Gasteiger partial charge in [-0.15, -0.1) is 0 Å². The minimum absolute atomic E-state index is 0.102. The average molecular weight is 417 g/mol. The van der Waals surface area contributed by atoms with E-state index in [0.717, 1.165) is 46.4 Å². The Labute approximate surface area is 181 Å². The molecule has 1 aromatic carbocycles. The van der Waals surface area contributed by atoms with Crippen molar-refractivity contribution in [2.75, 3.05) is 6.54 Å². The summed E-state index contributed by atoms with van der Waals surface area (Å²) in [6.45, 7) is 8.77. The number of pyridine rings is 1. The molecule has 4 aromatic rings. The van der Waals surface area contributed by atoms with Crippen LogP contribution in [0.25, 0.3) is 22.3 Å². The Morgan fingerprint density at radius 2 is 2.00 bits per heavy atom. The summed E-state index contributed by atoms with van der Waals surface area (Å²) in [6, 6.07) is 10.1. The number of hydrogen-bond acceptors (Lipinski definition) is 4. The molecule has 3 aromatic heterocycles. The van der Waals surface area contributed by atoms with Gasteiger partial charge in [-0.3, -0.25) is 9.89 Å². The minimum Gasteiger partial charge on any atom is -0.352 e. The van der Waals surface area contributed by atoms with E-state index in [-0.39, 0.29) is 11.9 Å². The van der Waals surface area contributed by atoms with Gasteiger partial charge in [-0.05, 0) is 57.7 Å². The van der Waals surface area contributed by atoms with Gasteiger partial charge in [0.25, 0.3) is 5.91 Å². The third-order valence-electron chi connectivity index (χ3n) is 5.56. The lowest BCUT2D eigenvalue weighted by atomic mass is 10.0. The van der Waals surface area contributed by atoms with Gasteiger partial charge in [-0.1, -0.05) is 24.3 Å². The maximum atomic E-state index is 13.1. The molecule has 0 spiro atoms. The first kappa shape index (κ1) is 20.8. The lowest BCUT2D eigenvalue weighted by Crippen LogP contribution is -2.25. The summed E-state index contributed by atoms with van der Waals surface area (Å²) in [7, 11) is 0. The number of carbonyl (C=O) groups excluding carboxylic acids is 1. The summed E-state index contributed by atoms with van der Waals surface area (Å²) in [5, 5.41) is 15.3. The van der Waals surface area contributed by atoms with E-state index in [2.05, 4.69) is 47.5 Å². The highest BCUT2D eigenvalue weighted by molar-refractivity contribution is 6.06. The van der Waals surface area contributed by atoms with Crippen LogP contribution in [-0.2, 0) is 6.42 Å². The molecule has 160 valence electrons. The Morgan fingerprint density at radius 1 is 1.19 bits per heavy atom. The molecule has 0 atom stereocenters. The van der Waals surface area contributed by atoms with Gasteiger partial charge >= 0.3 is 0 Å². The fourth-order valence-electron chi connectivity index (χ4n) is 3.79. The van der Waals surface area contributed by atoms with E-state index >= 15 is 0 Å². The molecule has 7 heteroatoms. The van der Waals surface area contributed by atoms with Gasteiger partial charge in [0.15, 0.2) is 5.65 Å². The second-order valence-corrected chi connectivity index (χ2v) is 8.17. The number of hydrogen-bond donors (Lipinski definition) is 2. The van der Waals surface area contributed by atoms with E-state index < -0.39 is 0 Å². The Balaban J connectivity index is 1.63. The van der Waals surface area contributed by atoms with Gasteiger partial charge in [0.05, 0.1) is 29.0 Å². The van der Waals surface area contributed by atoms with E-state index in [1.165, 1.54) is 5.56 Å². The number of rotatable bonds is 7. The van der Waals surface area contributed by atoms with Crippen molar-refractivity contribution < 1.29 is 4.79 Å². The maximum absolute atomic E-state index is 13.1. The molecule has 4 rings (SSSR count). The molecule has 0 unspecified atom stereocenters. The highest BCUT2D eigenvalue weighted by Crippen LogP contribution is 2.28. The first-order chi connectivity index (χ1) is 15.0. The number of aryl methyl sites for hydroxylation is 3. The van der Waals surface area contributed by atoms with Crippen molar-refractivity contribution in [3.63, 3.8) is 0 Å². The molecule has 0 fully saturated rings. The molecule has 3 heterocycles. The summed E-state index contributed by atoms with van der Waals surface area (Å²) < 4.78 is 1.87. The lowest BCUT2D eigenvalue weighted by Gasteiger charge is -2.12. The van der Waals surface area contributed by atoms with Crippen LogP contribution in [0.4, 0.5) is 0 Å². The third kappa shape index (κ3) is 4.21. The smallest absolute Gasteiger partial charge is 0.252 e. The number of nitrogens with zero attached hydrogens (tertiary/aromatic N) is 4. The SMILES string of the molecule is Cc1ccccc1-c1cc(C(=O)NCCCc2cn[nH]c2C)c2cnn(C(C)C)c2n1. The number of H-pyrrole nitrogens is 1. The monoisotopic (exact) mass is 416 g/mol. The van der Waals surface area contributed by atoms with Crippen LogP contribution >= 0.6 is 0 Å². The number of nitrogens with one attached hydrogen (secondary N) is 2. The first-order valence-corrected chi connectivity index (χ1v) is 10.7. The molecule has 2 N–H and O–H groups in total. The highest BCUT2D eigenvalue weighted by Gasteiger charge is 2.19. The second kappa shape index (κ2) is 8.71. The van der Waals surface area contributed by atoms with Crippen LogP contribution in [0.2, 0.25) is 0 Å². The van der Waals surface area contributed by atoms with E-state index in [4.69, 9.17) is 4.98 Å². The quantitative estimate of drug-likeness (QED) is 0.438. The molecule has 1 amide bonds. The average Bonchev–Trinajstić information content (AvgIpc) is 3.36. The van der Waals surface area contributed by atoms with Crippen LogP contribution in [0.1, 0.15) is 53.5 Å². The molecule has 0 aliphatic heterocycles. The largest absolute Gasteiger partial charge is 0.352 e. The molecular formula is C24H28N6O. The molecule has 0 bridgehead atoms. The molecule has 0 radical (unpaired) electrons. The van der Waals surface area contributed by atoms with Gasteiger partial charge in [0, 0.05) is 23.8 Å². The number of fused-ring (bicyclic) bond motifs is 1. The first-order valence-electron chi connectivity index (χ1n) is 10.7. The van der Waals surface area contributed by atoms with Crippen molar-refractivity contribution in [1.82, 2.24) is 30.3 Å². The summed E-state index contributed by atoms with van der Waals surface area (Å²) in [5.74, 6) is -0.102. The number of benzene rings is 1. The van der Waals surface area contributed by atoms with Crippen molar-refractivity contribution in [1.29, 1.82) is 0 Å². The lowest BCUT2D eigenvalue weighted by molar-refractivity contribution is 0.0955. The minimum atomic E-state index is -0.102. The number of carbonyl (C=O) groups is 1. The molecule has 31 heavy (non-hydrogen) atoms. The molecular weight excluding hydrogens is 388 g/mol. The van der Waals surface area contributed by atoms with Crippen LogP contribution in [0.3, 0.4) is 0 Å². The summed E-state index contributed by atoms with van der Waals surface area (Å²) in [5.41, 5.74) is 6.51. The van der Waals surface area contributed by atoms with Crippen LogP contribution in [-0.4, -0.2) is 37.4 Å². The Hall–Kier alpha value is -3.48. The molecule has 7 nitrogen and oxygen atoms in total. The van der Waals surface area contributed by atoms with Crippen LogP contribution in [0.5, 0.6) is 0 Å². The molecule has 0 saturated carbocycles. The summed E-state index contributed by atoms with van der Waals surface area (Å²) in [6.07, 6.45) is 5.30. The zero-order valence-electron chi connectivity index (χ0n) is 18.4. The van der Waals surface area contributed by atoms with Gasteiger partial charge < -0.3 is 5.32 Å². The van der Waals surface area contributed by atoms with E-state index in [1.807, 2.05) is 42.1 Å². The van der Waals surface area contributed by atoms with Crippen molar-refractivity contribution in [3.8, 4) is 11.3 Å². The maximum Gasteiger partial charge on any atom is 0.252 e. The second-order valence-electron chi connectivity index (χ2n) is 8.17. The fourth-order valence-corrected chi connectivity index (χ4v) is 3.79. The topological polar surface area (TPSA) is 88.5 Å². The van der Waals surface area contributed by atoms with Gasteiger partial charge in [-0.2, -0.15) is 10.2 Å². The molecule has 0 aliphatic rings. The number of aromatic nitrogens is 5. The van der Waals surface area contributed by atoms with Crippen LogP contribution in [0.15, 0.2) is 42.7 Å². The highest BCUT2D eigenvalue weighted by atomic mass is 16.1. The molecule has 0 aliphatic carbocycles. The van der Waals surface area contributed by atoms with Gasteiger partial charge in [-0.25, -0.2) is 9.67 Å². The summed E-state index contributed by atoms with van der Waals surface area (Å²) in [4.78, 5) is 18.0. The zero-order valence-corrected chi connectivity index (χ0v) is 18.4. The van der Waals surface area contributed by atoms with E-state index in [9.17, 15) is 4.79 Å². The van der Waals surface area contributed by atoms with Crippen molar-refractivity contribution in [3.05, 3.63) is 65.1 Å². The van der Waals surface area contributed by atoms with Crippen LogP contribution < -0.4 is 5.32 Å². The Morgan fingerprint density at radius 3 is 2.71 bits per heavy atom. The standard InChI is InChI=1S/C24H28N6O/c1-15(2)30-23-21(14-27-30)20(12-22(28-23)19-10-6-5-8-16(19)3)24(31)25-11-7-9-18-13-26-29-17(18)4/h5-6,8,10,12-15H,7,9,11H2,1-4H3,(H,25,31)(H,26,29). The van der Waals surface area contributed by atoms with Crippen LogP contribution in [0, 0.1) is 13.8 Å². The van der Waals surface area contributed by atoms with Gasteiger partial charge in [0.1, 0.15) is 0 Å².